The largest absolute Gasteiger partial charge is 0.480 e. The van der Waals surface area contributed by atoms with E-state index in [1.807, 2.05) is 0 Å². The predicted molar refractivity (Wildman–Crippen MR) is 80.1 cm³/mol. The van der Waals surface area contributed by atoms with Crippen molar-refractivity contribution in [1.29, 1.82) is 0 Å². The number of carboxylic acids is 1. The fraction of sp³-hybridized carbons (Fsp3) is 0.833. The summed E-state index contributed by atoms with van der Waals surface area (Å²) in [6.45, 7) is 2.26. The van der Waals surface area contributed by atoms with Gasteiger partial charge >= 0.3 is 5.97 Å². The van der Waals surface area contributed by atoms with Gasteiger partial charge in [-0.15, -0.1) is 0 Å². The average molecular weight is 336 g/mol. The second-order valence-electron chi connectivity index (χ2n) is 5.85. The minimum absolute atomic E-state index is 0.00678. The molecule has 2 heterocycles. The molecule has 21 heavy (non-hydrogen) atoms. The van der Waals surface area contributed by atoms with E-state index in [2.05, 4.69) is 5.32 Å². The van der Waals surface area contributed by atoms with Crippen molar-refractivity contribution in [3.63, 3.8) is 0 Å². The van der Waals surface area contributed by atoms with Gasteiger partial charge in [0.25, 0.3) is 0 Å². The standard InChI is InChI=1S/C12H20N2O5S2/c1-12(2-5-21(18,19)8-12)13-10(15)6-14-3-4-20-7-9(14)11(16)17/h9H,2-8H2,1H3,(H,13,15)(H,16,17). The Hall–Kier alpha value is -0.800. The van der Waals surface area contributed by atoms with Gasteiger partial charge in [-0.1, -0.05) is 0 Å². The van der Waals surface area contributed by atoms with Crippen LogP contribution < -0.4 is 5.32 Å². The molecule has 0 aromatic rings. The Morgan fingerprint density at radius 3 is 2.76 bits per heavy atom. The van der Waals surface area contributed by atoms with E-state index in [4.69, 9.17) is 5.11 Å². The average Bonchev–Trinajstić information content (AvgIpc) is 2.63. The highest BCUT2D eigenvalue weighted by atomic mass is 32.2. The van der Waals surface area contributed by atoms with E-state index in [0.717, 1.165) is 5.75 Å². The molecule has 0 radical (unpaired) electrons. The summed E-state index contributed by atoms with van der Waals surface area (Å²) >= 11 is 1.56. The van der Waals surface area contributed by atoms with Gasteiger partial charge in [-0.3, -0.25) is 14.5 Å². The Bertz CT molecular complexity index is 536. The molecule has 2 rings (SSSR count). The number of nitrogens with one attached hydrogen (secondary N) is 1. The lowest BCUT2D eigenvalue weighted by molar-refractivity contribution is -0.143. The summed E-state index contributed by atoms with van der Waals surface area (Å²) in [5.41, 5.74) is -0.737. The van der Waals surface area contributed by atoms with Crippen LogP contribution in [0.15, 0.2) is 0 Å². The summed E-state index contributed by atoms with van der Waals surface area (Å²) in [6.07, 6.45) is 0.402. The fourth-order valence-electron chi connectivity index (χ4n) is 2.72. The zero-order valence-corrected chi connectivity index (χ0v) is 13.5. The van der Waals surface area contributed by atoms with Crippen LogP contribution in [0.4, 0.5) is 0 Å². The molecule has 2 aliphatic rings. The molecule has 120 valence electrons. The zero-order chi connectivity index (χ0) is 15.7. The molecule has 2 fully saturated rings. The second-order valence-corrected chi connectivity index (χ2v) is 9.18. The van der Waals surface area contributed by atoms with E-state index >= 15 is 0 Å². The van der Waals surface area contributed by atoms with Gasteiger partial charge < -0.3 is 10.4 Å². The van der Waals surface area contributed by atoms with Crippen LogP contribution in [0.1, 0.15) is 13.3 Å². The molecule has 9 heteroatoms. The van der Waals surface area contributed by atoms with E-state index in [-0.39, 0.29) is 24.0 Å². The number of carbonyl (C=O) groups excluding carboxylic acids is 1. The van der Waals surface area contributed by atoms with Crippen molar-refractivity contribution < 1.29 is 23.1 Å². The molecule has 0 aromatic heterocycles. The molecule has 0 spiro atoms. The maximum Gasteiger partial charge on any atom is 0.321 e. The number of amides is 1. The topological polar surface area (TPSA) is 104 Å². The molecule has 2 atom stereocenters. The molecule has 1 amide bonds. The molecule has 0 bridgehead atoms. The molecule has 2 N–H and O–H groups in total. The summed E-state index contributed by atoms with van der Waals surface area (Å²) in [5.74, 6) is 0.0559. The third-order valence-corrected chi connectivity index (χ3v) is 6.74. The summed E-state index contributed by atoms with van der Waals surface area (Å²) in [4.78, 5) is 24.9. The Balaban J connectivity index is 1.93. The molecule has 2 unspecified atom stereocenters. The predicted octanol–water partition coefficient (Wildman–Crippen LogP) is -0.818. The quantitative estimate of drug-likeness (QED) is 0.691. The molecular weight excluding hydrogens is 316 g/mol. The van der Waals surface area contributed by atoms with Gasteiger partial charge in [-0.2, -0.15) is 11.8 Å². The molecule has 0 aliphatic carbocycles. The number of carboxylic acid groups (broad SMARTS) is 1. The zero-order valence-electron chi connectivity index (χ0n) is 11.9. The minimum atomic E-state index is -3.08. The first-order valence-corrected chi connectivity index (χ1v) is 9.74. The van der Waals surface area contributed by atoms with Gasteiger partial charge in [0.05, 0.1) is 23.6 Å². The highest BCUT2D eigenvalue weighted by molar-refractivity contribution is 7.99. The monoisotopic (exact) mass is 336 g/mol. The van der Waals surface area contributed by atoms with Crippen LogP contribution in [0.25, 0.3) is 0 Å². The van der Waals surface area contributed by atoms with E-state index in [1.165, 1.54) is 0 Å². The Morgan fingerprint density at radius 1 is 1.48 bits per heavy atom. The molecule has 0 saturated carbocycles. The maximum absolute atomic E-state index is 12.1. The Labute approximate surface area is 128 Å². The summed E-state index contributed by atoms with van der Waals surface area (Å²) < 4.78 is 23.0. The van der Waals surface area contributed by atoms with Crippen LogP contribution in [-0.4, -0.2) is 78.0 Å². The lowest BCUT2D eigenvalue weighted by Gasteiger charge is -2.33. The third kappa shape index (κ3) is 4.33. The number of aliphatic carboxylic acids is 1. The highest BCUT2D eigenvalue weighted by Crippen LogP contribution is 2.23. The summed E-state index contributed by atoms with van der Waals surface area (Å²) in [6, 6.07) is -0.658. The van der Waals surface area contributed by atoms with Crippen LogP contribution in [0, 0.1) is 0 Å². The van der Waals surface area contributed by atoms with Crippen molar-refractivity contribution in [2.45, 2.75) is 24.9 Å². The molecule has 2 aliphatic heterocycles. The first-order chi connectivity index (χ1) is 9.71. The van der Waals surface area contributed by atoms with Crippen LogP contribution in [0.5, 0.6) is 0 Å². The number of nitrogens with zero attached hydrogens (tertiary/aromatic N) is 1. The van der Waals surface area contributed by atoms with Gasteiger partial charge in [0.15, 0.2) is 9.84 Å². The first kappa shape index (κ1) is 16.6. The normalized spacial score (nSPS) is 32.7. The van der Waals surface area contributed by atoms with Gasteiger partial charge in [-0.05, 0) is 13.3 Å². The highest BCUT2D eigenvalue weighted by Gasteiger charge is 2.40. The van der Waals surface area contributed by atoms with Crippen molar-refractivity contribution in [3.8, 4) is 0 Å². The second kappa shape index (κ2) is 6.13. The van der Waals surface area contributed by atoms with Gasteiger partial charge in [0.2, 0.25) is 5.91 Å². The third-order valence-electron chi connectivity index (χ3n) is 3.82. The van der Waals surface area contributed by atoms with Crippen molar-refractivity contribution >= 4 is 33.5 Å². The van der Waals surface area contributed by atoms with E-state index in [9.17, 15) is 18.0 Å². The molecule has 7 nitrogen and oxygen atoms in total. The number of hydrogen-bond donors (Lipinski definition) is 2. The lowest BCUT2D eigenvalue weighted by Crippen LogP contribution is -2.54. The van der Waals surface area contributed by atoms with Crippen molar-refractivity contribution in [3.05, 3.63) is 0 Å². The smallest absolute Gasteiger partial charge is 0.321 e. The van der Waals surface area contributed by atoms with Gasteiger partial charge in [0.1, 0.15) is 6.04 Å². The maximum atomic E-state index is 12.1. The van der Waals surface area contributed by atoms with Crippen molar-refractivity contribution in [1.82, 2.24) is 10.2 Å². The first-order valence-electron chi connectivity index (χ1n) is 6.77. The number of carbonyl (C=O) groups is 2. The minimum Gasteiger partial charge on any atom is -0.480 e. The summed E-state index contributed by atoms with van der Waals surface area (Å²) in [7, 11) is -3.08. The van der Waals surface area contributed by atoms with Crippen LogP contribution >= 0.6 is 11.8 Å². The van der Waals surface area contributed by atoms with Crippen molar-refractivity contribution in [2.24, 2.45) is 0 Å². The van der Waals surface area contributed by atoms with Crippen LogP contribution in [-0.2, 0) is 19.4 Å². The number of sulfone groups is 1. The summed E-state index contributed by atoms with van der Waals surface area (Å²) in [5, 5.41) is 11.9. The van der Waals surface area contributed by atoms with Crippen LogP contribution in [0.2, 0.25) is 0 Å². The lowest BCUT2D eigenvalue weighted by atomic mass is 10.0. The van der Waals surface area contributed by atoms with Crippen molar-refractivity contribution in [2.75, 3.05) is 36.1 Å². The van der Waals surface area contributed by atoms with Crippen LogP contribution in [0.3, 0.4) is 0 Å². The Morgan fingerprint density at radius 2 is 2.19 bits per heavy atom. The number of thioether (sulfide) groups is 1. The molecule has 0 aromatic carbocycles. The number of rotatable bonds is 4. The number of hydrogen-bond acceptors (Lipinski definition) is 6. The molecule has 2 saturated heterocycles. The SMILES string of the molecule is CC1(NC(=O)CN2CCSCC2C(=O)O)CCS(=O)(=O)C1. The molecular formula is C12H20N2O5S2. The Kier molecular flexibility index (Phi) is 4.84. The van der Waals surface area contributed by atoms with E-state index in [0.29, 0.717) is 18.7 Å². The van der Waals surface area contributed by atoms with Gasteiger partial charge in [0, 0.05) is 18.1 Å². The van der Waals surface area contributed by atoms with Gasteiger partial charge in [-0.25, -0.2) is 8.42 Å². The fourth-order valence-corrected chi connectivity index (χ4v) is 5.92. The van der Waals surface area contributed by atoms with E-state index in [1.54, 1.807) is 23.6 Å². The van der Waals surface area contributed by atoms with E-state index < -0.39 is 27.4 Å².